The van der Waals surface area contributed by atoms with Crippen molar-refractivity contribution in [2.24, 2.45) is 0 Å². The first-order chi connectivity index (χ1) is 17.2. The summed E-state index contributed by atoms with van der Waals surface area (Å²) in [6.07, 6.45) is 5.31. The van der Waals surface area contributed by atoms with E-state index in [2.05, 4.69) is 52.9 Å². The molecular formula is C26H23N7OS. The second kappa shape index (κ2) is 8.94. The Kier molecular flexibility index (Phi) is 5.48. The van der Waals surface area contributed by atoms with Crippen LogP contribution in [0.5, 0.6) is 5.75 Å². The standard InChI is InChI=1S/C26H23N7OS/c1-33(2)7-8-34-18-10-17(12-27-13-18)22-11-20-23(14-28-22)31-32-25(20)26-29-21-5-3-4-19(24(21)30-26)16-6-9-35-15-16/h3-6,9-15H,7-8H2,1-2H3,(H,29,30)(H,31,32). The molecule has 0 atom stereocenters. The summed E-state index contributed by atoms with van der Waals surface area (Å²) in [5, 5.41) is 12.8. The highest BCUT2D eigenvalue weighted by atomic mass is 32.1. The highest BCUT2D eigenvalue weighted by Crippen LogP contribution is 2.33. The van der Waals surface area contributed by atoms with Gasteiger partial charge >= 0.3 is 0 Å². The van der Waals surface area contributed by atoms with Gasteiger partial charge in [0.05, 0.1) is 34.6 Å². The number of likely N-dealkylation sites (N-methyl/N-ethyl adjacent to an activating group) is 1. The minimum Gasteiger partial charge on any atom is -0.491 e. The maximum atomic E-state index is 5.86. The lowest BCUT2D eigenvalue weighted by atomic mass is 10.1. The Bertz CT molecular complexity index is 1620. The number of thiophene rings is 1. The summed E-state index contributed by atoms with van der Waals surface area (Å²) in [5.41, 5.74) is 7.43. The monoisotopic (exact) mass is 481 g/mol. The lowest BCUT2D eigenvalue weighted by Gasteiger charge is -2.11. The second-order valence-corrected chi connectivity index (χ2v) is 9.33. The molecule has 0 spiro atoms. The highest BCUT2D eigenvalue weighted by Gasteiger charge is 2.16. The molecule has 9 heteroatoms. The Balaban J connectivity index is 1.38. The van der Waals surface area contributed by atoms with Crippen LogP contribution in [0.4, 0.5) is 0 Å². The van der Waals surface area contributed by atoms with Gasteiger partial charge in [0.1, 0.15) is 18.1 Å². The van der Waals surface area contributed by atoms with Gasteiger partial charge in [0.2, 0.25) is 0 Å². The topological polar surface area (TPSA) is 95.6 Å². The van der Waals surface area contributed by atoms with Gasteiger partial charge in [-0.3, -0.25) is 15.1 Å². The number of rotatable bonds is 7. The Labute approximate surface area is 205 Å². The summed E-state index contributed by atoms with van der Waals surface area (Å²) in [7, 11) is 4.04. The maximum Gasteiger partial charge on any atom is 0.159 e. The van der Waals surface area contributed by atoms with Crippen molar-refractivity contribution in [1.29, 1.82) is 0 Å². The van der Waals surface area contributed by atoms with Gasteiger partial charge in [0, 0.05) is 29.3 Å². The fourth-order valence-corrected chi connectivity index (χ4v) is 4.69. The van der Waals surface area contributed by atoms with E-state index in [0.717, 1.165) is 62.3 Å². The van der Waals surface area contributed by atoms with Crippen LogP contribution in [0.15, 0.2) is 65.7 Å². The Morgan fingerprint density at radius 2 is 1.97 bits per heavy atom. The second-order valence-electron chi connectivity index (χ2n) is 8.55. The molecule has 174 valence electrons. The van der Waals surface area contributed by atoms with Crippen LogP contribution in [0, 0.1) is 0 Å². The minimum absolute atomic E-state index is 0.593. The van der Waals surface area contributed by atoms with E-state index in [1.807, 2.05) is 38.4 Å². The Hall–Kier alpha value is -4.08. The molecule has 5 aromatic heterocycles. The largest absolute Gasteiger partial charge is 0.491 e. The zero-order valence-corrected chi connectivity index (χ0v) is 20.1. The fourth-order valence-electron chi connectivity index (χ4n) is 4.03. The van der Waals surface area contributed by atoms with E-state index in [0.29, 0.717) is 12.4 Å². The van der Waals surface area contributed by atoms with E-state index < -0.39 is 0 Å². The molecule has 5 heterocycles. The zero-order valence-electron chi connectivity index (χ0n) is 19.3. The van der Waals surface area contributed by atoms with Crippen LogP contribution in [-0.2, 0) is 0 Å². The summed E-state index contributed by atoms with van der Waals surface area (Å²) in [5.74, 6) is 1.43. The number of ether oxygens (including phenoxy) is 1. The molecule has 6 aromatic rings. The fraction of sp³-hybridized carbons (Fsp3) is 0.154. The molecular weight excluding hydrogens is 458 g/mol. The Morgan fingerprint density at radius 1 is 1.03 bits per heavy atom. The number of aromatic nitrogens is 6. The molecule has 0 aliphatic rings. The van der Waals surface area contributed by atoms with Crippen molar-refractivity contribution in [3.05, 3.63) is 65.7 Å². The van der Waals surface area contributed by atoms with Crippen LogP contribution in [-0.4, -0.2) is 62.3 Å². The lowest BCUT2D eigenvalue weighted by molar-refractivity contribution is 0.261. The third kappa shape index (κ3) is 4.16. The van der Waals surface area contributed by atoms with Crippen molar-refractivity contribution in [2.45, 2.75) is 0 Å². The van der Waals surface area contributed by atoms with Crippen molar-refractivity contribution in [2.75, 3.05) is 27.2 Å². The first-order valence-electron chi connectivity index (χ1n) is 11.2. The van der Waals surface area contributed by atoms with Crippen LogP contribution in [0.3, 0.4) is 0 Å². The number of pyridine rings is 2. The van der Waals surface area contributed by atoms with Crippen molar-refractivity contribution in [1.82, 2.24) is 35.0 Å². The minimum atomic E-state index is 0.593. The van der Waals surface area contributed by atoms with Gasteiger partial charge < -0.3 is 14.6 Å². The van der Waals surface area contributed by atoms with Crippen molar-refractivity contribution in [3.8, 4) is 39.7 Å². The molecule has 35 heavy (non-hydrogen) atoms. The van der Waals surface area contributed by atoms with Crippen LogP contribution >= 0.6 is 11.3 Å². The van der Waals surface area contributed by atoms with E-state index >= 15 is 0 Å². The number of imidazole rings is 1. The molecule has 0 unspecified atom stereocenters. The van der Waals surface area contributed by atoms with Crippen molar-refractivity contribution < 1.29 is 4.74 Å². The number of aromatic amines is 2. The number of nitrogens with one attached hydrogen (secondary N) is 2. The molecule has 0 saturated heterocycles. The molecule has 0 radical (unpaired) electrons. The van der Waals surface area contributed by atoms with Gasteiger partial charge in [0.25, 0.3) is 0 Å². The normalized spacial score (nSPS) is 11.6. The quantitative estimate of drug-likeness (QED) is 0.324. The molecule has 0 aliphatic carbocycles. The number of hydrogen-bond acceptors (Lipinski definition) is 7. The third-order valence-electron chi connectivity index (χ3n) is 5.83. The zero-order chi connectivity index (χ0) is 23.8. The highest BCUT2D eigenvalue weighted by molar-refractivity contribution is 7.08. The lowest BCUT2D eigenvalue weighted by Crippen LogP contribution is -2.19. The van der Waals surface area contributed by atoms with Crippen molar-refractivity contribution >= 4 is 33.3 Å². The summed E-state index contributed by atoms with van der Waals surface area (Å²) in [4.78, 5) is 19.4. The maximum absolute atomic E-state index is 5.86. The first-order valence-corrected chi connectivity index (χ1v) is 12.2. The molecule has 1 aromatic carbocycles. The van der Waals surface area contributed by atoms with E-state index in [4.69, 9.17) is 9.72 Å². The molecule has 2 N–H and O–H groups in total. The van der Waals surface area contributed by atoms with Crippen LogP contribution in [0.2, 0.25) is 0 Å². The number of nitrogens with zero attached hydrogens (tertiary/aromatic N) is 5. The molecule has 0 fully saturated rings. The van der Waals surface area contributed by atoms with Gasteiger partial charge in [0.15, 0.2) is 5.82 Å². The number of para-hydroxylation sites is 1. The number of H-pyrrole nitrogens is 2. The van der Waals surface area contributed by atoms with Crippen molar-refractivity contribution in [3.63, 3.8) is 0 Å². The molecule has 6 rings (SSSR count). The van der Waals surface area contributed by atoms with Gasteiger partial charge in [-0.1, -0.05) is 12.1 Å². The smallest absolute Gasteiger partial charge is 0.159 e. The molecule has 0 saturated carbocycles. The third-order valence-corrected chi connectivity index (χ3v) is 6.52. The summed E-state index contributed by atoms with van der Waals surface area (Å²) < 4.78 is 5.86. The summed E-state index contributed by atoms with van der Waals surface area (Å²) >= 11 is 1.68. The van der Waals surface area contributed by atoms with Crippen LogP contribution in [0.25, 0.3) is 55.8 Å². The average Bonchev–Trinajstić information content (AvgIpc) is 3.62. The molecule has 0 aliphatic heterocycles. The number of fused-ring (bicyclic) bond motifs is 2. The Morgan fingerprint density at radius 3 is 2.83 bits per heavy atom. The SMILES string of the molecule is CN(C)CCOc1cncc(-c2cc3c(-c4nc5c(-c6ccsc6)cccc5[nH]4)n[nH]c3cn2)c1. The van der Waals surface area contributed by atoms with Gasteiger partial charge in [-0.25, -0.2) is 4.98 Å². The molecule has 0 amide bonds. The molecule has 0 bridgehead atoms. The van der Waals surface area contributed by atoms with Gasteiger partial charge in [-0.15, -0.1) is 0 Å². The van der Waals surface area contributed by atoms with Gasteiger partial charge in [-0.2, -0.15) is 16.4 Å². The van der Waals surface area contributed by atoms with Gasteiger partial charge in [-0.05, 0) is 54.7 Å². The number of hydrogen-bond donors (Lipinski definition) is 2. The predicted molar refractivity (Wildman–Crippen MR) is 140 cm³/mol. The van der Waals surface area contributed by atoms with Crippen LogP contribution < -0.4 is 4.74 Å². The first kappa shape index (κ1) is 21.5. The summed E-state index contributed by atoms with van der Waals surface area (Å²) in [6, 6.07) is 12.3. The van der Waals surface area contributed by atoms with E-state index in [-0.39, 0.29) is 0 Å². The van der Waals surface area contributed by atoms with E-state index in [1.54, 1.807) is 29.9 Å². The average molecular weight is 482 g/mol. The van der Waals surface area contributed by atoms with E-state index in [9.17, 15) is 0 Å². The van der Waals surface area contributed by atoms with E-state index in [1.165, 1.54) is 0 Å². The molecule has 8 nitrogen and oxygen atoms in total. The summed E-state index contributed by atoms with van der Waals surface area (Å²) in [6.45, 7) is 1.42. The number of benzene rings is 1. The predicted octanol–water partition coefficient (Wildman–Crippen LogP) is 5.23. The van der Waals surface area contributed by atoms with Crippen LogP contribution in [0.1, 0.15) is 0 Å².